The van der Waals surface area contributed by atoms with Crippen LogP contribution in [0, 0.1) is 11.3 Å². The van der Waals surface area contributed by atoms with Gasteiger partial charge in [-0.25, -0.2) is 0 Å². The molecule has 2 heterocycles. The molecule has 0 N–H and O–H groups in total. The number of ketones is 1. The van der Waals surface area contributed by atoms with Gasteiger partial charge in [-0.05, 0) is 25.0 Å². The highest BCUT2D eigenvalue weighted by atomic mass is 79.9. The maximum absolute atomic E-state index is 13.7. The van der Waals surface area contributed by atoms with Crippen molar-refractivity contribution in [2.75, 3.05) is 6.61 Å². The summed E-state index contributed by atoms with van der Waals surface area (Å²) in [6, 6.07) is 7.68. The molecule has 0 bridgehead atoms. The Labute approximate surface area is 173 Å². The van der Waals surface area contributed by atoms with Crippen LogP contribution in [0.4, 0.5) is 13.2 Å². The number of ether oxygens (including phenoxy) is 1. The van der Waals surface area contributed by atoms with Gasteiger partial charge in [-0.3, -0.25) is 4.79 Å². The number of rotatable bonds is 5. The van der Waals surface area contributed by atoms with Gasteiger partial charge in [-0.1, -0.05) is 34.5 Å². The summed E-state index contributed by atoms with van der Waals surface area (Å²) in [6.45, 7) is -0.436. The Bertz CT molecular complexity index is 975. The number of hydrogen-bond acceptors (Lipinski definition) is 5. The van der Waals surface area contributed by atoms with Crippen molar-refractivity contribution >= 4 is 27.3 Å². The average Bonchev–Trinajstić information content (AvgIpc) is 2.92. The van der Waals surface area contributed by atoms with E-state index in [1.807, 2.05) is 0 Å². The Morgan fingerprint density at radius 2 is 1.93 bits per heavy atom. The van der Waals surface area contributed by atoms with Crippen LogP contribution in [0.5, 0.6) is 0 Å². The van der Waals surface area contributed by atoms with E-state index in [9.17, 15) is 23.2 Å². The molecule has 6 nitrogen and oxygen atoms in total. The Balaban J connectivity index is 1.93. The first-order valence-corrected chi connectivity index (χ1v) is 9.66. The van der Waals surface area contributed by atoms with E-state index in [0.29, 0.717) is 18.8 Å². The van der Waals surface area contributed by atoms with E-state index < -0.39 is 29.9 Å². The number of aryl methyl sites for hydroxylation is 1. The van der Waals surface area contributed by atoms with Gasteiger partial charge in [0.2, 0.25) is 5.76 Å². The minimum Gasteiger partial charge on any atom is -0.480 e. The molecular formula is C19H16BrF3N4O2. The molecule has 0 radical (unpaired) electrons. The van der Waals surface area contributed by atoms with Crippen LogP contribution in [-0.4, -0.2) is 33.3 Å². The van der Waals surface area contributed by atoms with Gasteiger partial charge in [-0.2, -0.15) is 18.4 Å². The van der Waals surface area contributed by atoms with Gasteiger partial charge in [0.25, 0.3) is 0 Å². The standard InChI is InChI=1S/C19H16BrF3N4O2/c20-13-7-5-12(6-8-13)15(28)11-29-17(19(21,22)23)14(10-24)18-26-25-16-4-2-1-3-9-27(16)18/h5-8H,1-4,9,11H2/b17-14+. The minimum atomic E-state index is -4.97. The lowest BCUT2D eigenvalue weighted by Crippen LogP contribution is -2.21. The van der Waals surface area contributed by atoms with Crippen LogP contribution in [0.3, 0.4) is 0 Å². The molecule has 29 heavy (non-hydrogen) atoms. The van der Waals surface area contributed by atoms with Crippen LogP contribution >= 0.6 is 15.9 Å². The van der Waals surface area contributed by atoms with E-state index in [4.69, 9.17) is 4.74 Å². The summed E-state index contributed by atoms with van der Waals surface area (Å²) in [5.74, 6) is -1.83. The molecular weight excluding hydrogens is 453 g/mol. The molecule has 0 aliphatic carbocycles. The second-order valence-corrected chi connectivity index (χ2v) is 7.35. The van der Waals surface area contributed by atoms with Crippen molar-refractivity contribution in [3.8, 4) is 6.07 Å². The third-order valence-corrected chi connectivity index (χ3v) is 4.97. The quantitative estimate of drug-likeness (QED) is 0.367. The number of nitriles is 1. The van der Waals surface area contributed by atoms with E-state index in [-0.39, 0.29) is 11.4 Å². The average molecular weight is 469 g/mol. The fourth-order valence-corrected chi connectivity index (χ4v) is 3.29. The highest BCUT2D eigenvalue weighted by molar-refractivity contribution is 9.10. The Morgan fingerprint density at radius 3 is 2.59 bits per heavy atom. The van der Waals surface area contributed by atoms with Gasteiger partial charge in [-0.15, -0.1) is 10.2 Å². The Hall–Kier alpha value is -2.67. The first kappa shape index (κ1) is 21.0. The van der Waals surface area contributed by atoms with Crippen LogP contribution in [-0.2, 0) is 17.7 Å². The van der Waals surface area contributed by atoms with Crippen molar-refractivity contribution < 1.29 is 22.7 Å². The molecule has 152 valence electrons. The van der Waals surface area contributed by atoms with E-state index in [1.54, 1.807) is 18.2 Å². The summed E-state index contributed by atoms with van der Waals surface area (Å²) in [5.41, 5.74) is -0.577. The van der Waals surface area contributed by atoms with Crippen LogP contribution in [0.2, 0.25) is 0 Å². The summed E-state index contributed by atoms with van der Waals surface area (Å²) in [6.07, 6.45) is -1.87. The third kappa shape index (κ3) is 4.85. The zero-order valence-corrected chi connectivity index (χ0v) is 16.8. The summed E-state index contributed by atoms with van der Waals surface area (Å²) >= 11 is 3.22. The third-order valence-electron chi connectivity index (χ3n) is 4.44. The van der Waals surface area contributed by atoms with Crippen molar-refractivity contribution in [1.29, 1.82) is 5.26 Å². The number of halogens is 4. The fraction of sp³-hybridized carbons (Fsp3) is 0.368. The Kier molecular flexibility index (Phi) is 6.37. The van der Waals surface area contributed by atoms with E-state index in [2.05, 4.69) is 26.1 Å². The van der Waals surface area contributed by atoms with Crippen molar-refractivity contribution in [1.82, 2.24) is 14.8 Å². The van der Waals surface area contributed by atoms with E-state index in [1.165, 1.54) is 16.7 Å². The number of Topliss-reactive ketones (excluding diaryl/α,β-unsaturated/α-hetero) is 1. The van der Waals surface area contributed by atoms with Gasteiger partial charge in [0, 0.05) is 23.0 Å². The number of hydrogen-bond donors (Lipinski definition) is 0. The molecule has 1 aromatic carbocycles. The van der Waals surface area contributed by atoms with Crippen molar-refractivity contribution in [3.63, 3.8) is 0 Å². The lowest BCUT2D eigenvalue weighted by molar-refractivity contribution is -0.127. The number of aromatic nitrogens is 3. The SMILES string of the molecule is N#C/C(=C(\OCC(=O)c1ccc(Br)cc1)C(F)(F)F)c1nnc2n1CCCCC2. The van der Waals surface area contributed by atoms with Crippen molar-refractivity contribution in [2.24, 2.45) is 0 Å². The van der Waals surface area contributed by atoms with Crippen LogP contribution in [0.1, 0.15) is 41.3 Å². The lowest BCUT2D eigenvalue weighted by Gasteiger charge is -2.15. The van der Waals surface area contributed by atoms with Gasteiger partial charge in [0.05, 0.1) is 0 Å². The molecule has 1 aromatic heterocycles. The summed E-state index contributed by atoms with van der Waals surface area (Å²) < 4.78 is 48.1. The van der Waals surface area contributed by atoms with E-state index >= 15 is 0 Å². The number of carbonyl (C=O) groups excluding carboxylic acids is 1. The van der Waals surface area contributed by atoms with Gasteiger partial charge >= 0.3 is 6.18 Å². The predicted molar refractivity (Wildman–Crippen MR) is 101 cm³/mol. The molecule has 0 spiro atoms. The Morgan fingerprint density at radius 1 is 1.21 bits per heavy atom. The van der Waals surface area contributed by atoms with Crippen molar-refractivity contribution in [2.45, 2.75) is 38.4 Å². The summed E-state index contributed by atoms with van der Waals surface area (Å²) in [4.78, 5) is 12.2. The highest BCUT2D eigenvalue weighted by Gasteiger charge is 2.41. The van der Waals surface area contributed by atoms with Crippen molar-refractivity contribution in [3.05, 3.63) is 51.7 Å². The highest BCUT2D eigenvalue weighted by Crippen LogP contribution is 2.33. The molecule has 0 saturated heterocycles. The molecule has 10 heteroatoms. The molecule has 2 aromatic rings. The molecule has 0 amide bonds. The maximum atomic E-state index is 13.7. The van der Waals surface area contributed by atoms with Gasteiger partial charge in [0.15, 0.2) is 18.2 Å². The predicted octanol–water partition coefficient (Wildman–Crippen LogP) is 4.46. The topological polar surface area (TPSA) is 80.8 Å². The number of carbonyl (C=O) groups is 1. The number of benzene rings is 1. The summed E-state index contributed by atoms with van der Waals surface area (Å²) in [7, 11) is 0. The largest absolute Gasteiger partial charge is 0.480 e. The zero-order valence-electron chi connectivity index (χ0n) is 15.2. The summed E-state index contributed by atoms with van der Waals surface area (Å²) in [5, 5.41) is 17.2. The number of allylic oxidation sites excluding steroid dienone is 2. The van der Waals surface area contributed by atoms with Gasteiger partial charge < -0.3 is 9.30 Å². The molecule has 0 saturated carbocycles. The maximum Gasteiger partial charge on any atom is 0.450 e. The number of nitrogens with zero attached hydrogens (tertiary/aromatic N) is 4. The zero-order chi connectivity index (χ0) is 21.0. The second kappa shape index (κ2) is 8.78. The smallest absolute Gasteiger partial charge is 0.450 e. The molecule has 0 atom stereocenters. The second-order valence-electron chi connectivity index (χ2n) is 6.43. The van der Waals surface area contributed by atoms with Crippen LogP contribution < -0.4 is 0 Å². The molecule has 1 aliphatic rings. The molecule has 1 aliphatic heterocycles. The molecule has 0 fully saturated rings. The van der Waals surface area contributed by atoms with E-state index in [0.717, 1.165) is 23.7 Å². The molecule has 0 unspecified atom stereocenters. The minimum absolute atomic E-state index is 0.187. The number of fused-ring (bicyclic) bond motifs is 1. The van der Waals surface area contributed by atoms with Gasteiger partial charge in [0.1, 0.15) is 17.5 Å². The van der Waals surface area contributed by atoms with Crippen LogP contribution in [0.25, 0.3) is 5.57 Å². The fourth-order valence-electron chi connectivity index (χ4n) is 3.02. The first-order valence-electron chi connectivity index (χ1n) is 8.87. The van der Waals surface area contributed by atoms with Crippen LogP contribution in [0.15, 0.2) is 34.5 Å². The number of alkyl halides is 3. The monoisotopic (exact) mass is 468 g/mol. The molecule has 3 rings (SSSR count). The normalized spacial score (nSPS) is 15.0. The lowest BCUT2D eigenvalue weighted by atomic mass is 10.1. The first-order chi connectivity index (χ1) is 13.8.